The maximum absolute atomic E-state index is 13.9. The quantitative estimate of drug-likeness (QED) is 0.876. The maximum atomic E-state index is 13.9. The van der Waals surface area contributed by atoms with Gasteiger partial charge in [-0.15, -0.1) is 24.8 Å². The first-order valence-corrected chi connectivity index (χ1v) is 8.28. The Bertz CT molecular complexity index is 662. The van der Waals surface area contributed by atoms with E-state index >= 15 is 0 Å². The van der Waals surface area contributed by atoms with E-state index in [-0.39, 0.29) is 30.6 Å². The second-order valence-corrected chi connectivity index (χ2v) is 6.24. The number of benzene rings is 1. The minimum atomic E-state index is -0.129. The van der Waals surface area contributed by atoms with Crippen LogP contribution in [0.5, 0.6) is 0 Å². The summed E-state index contributed by atoms with van der Waals surface area (Å²) in [5.41, 5.74) is 3.13. The van der Waals surface area contributed by atoms with Crippen molar-refractivity contribution >= 4 is 30.5 Å². The van der Waals surface area contributed by atoms with Crippen molar-refractivity contribution in [1.29, 1.82) is 0 Å². The maximum Gasteiger partial charge on any atom is 0.146 e. The van der Waals surface area contributed by atoms with Crippen molar-refractivity contribution in [2.75, 3.05) is 37.6 Å². The van der Waals surface area contributed by atoms with Crippen LogP contribution in [0.15, 0.2) is 30.3 Å². The van der Waals surface area contributed by atoms with E-state index in [2.05, 4.69) is 25.9 Å². The van der Waals surface area contributed by atoms with Crippen LogP contribution in [0.3, 0.4) is 0 Å². The molecular weight excluding hydrogens is 364 g/mol. The Balaban J connectivity index is 0.00000113. The molecular formula is C17H24Cl2FN5. The second kappa shape index (κ2) is 8.85. The number of aromatic nitrogens is 2. The fraction of sp³-hybridized carbons (Fsp3) is 0.471. The number of piperazine rings is 1. The zero-order valence-corrected chi connectivity index (χ0v) is 15.7. The van der Waals surface area contributed by atoms with Crippen molar-refractivity contribution in [2.45, 2.75) is 19.6 Å². The predicted octanol–water partition coefficient (Wildman–Crippen LogP) is 2.29. The molecule has 8 heteroatoms. The van der Waals surface area contributed by atoms with Crippen molar-refractivity contribution in [3.8, 4) is 0 Å². The van der Waals surface area contributed by atoms with Gasteiger partial charge in [0.05, 0.1) is 23.6 Å². The first-order valence-electron chi connectivity index (χ1n) is 8.28. The molecule has 138 valence electrons. The number of hydrogen-bond donors (Lipinski definition) is 1. The van der Waals surface area contributed by atoms with Gasteiger partial charge in [0.15, 0.2) is 0 Å². The van der Waals surface area contributed by atoms with Crippen molar-refractivity contribution < 1.29 is 4.39 Å². The molecule has 4 rings (SSSR count). The summed E-state index contributed by atoms with van der Waals surface area (Å²) in [5, 5.41) is 8.07. The lowest BCUT2D eigenvalue weighted by Crippen LogP contribution is -2.46. The number of rotatable bonds is 3. The molecule has 0 spiro atoms. The summed E-state index contributed by atoms with van der Waals surface area (Å²) in [4.78, 5) is 4.53. The Labute approximate surface area is 160 Å². The SMILES string of the molecule is Cl.Cl.Fc1ccccc1N1CCN(Cc2cc3n(n2)CCNC3)CC1. The predicted molar refractivity (Wildman–Crippen MR) is 102 cm³/mol. The van der Waals surface area contributed by atoms with Crippen LogP contribution < -0.4 is 10.2 Å². The second-order valence-electron chi connectivity index (χ2n) is 6.24. The van der Waals surface area contributed by atoms with E-state index in [1.165, 1.54) is 11.8 Å². The Morgan fingerprint density at radius 3 is 2.52 bits per heavy atom. The van der Waals surface area contributed by atoms with E-state index in [0.29, 0.717) is 0 Å². The van der Waals surface area contributed by atoms with Crippen molar-refractivity contribution in [2.24, 2.45) is 0 Å². The molecule has 2 aliphatic rings. The molecule has 0 atom stereocenters. The summed E-state index contributed by atoms with van der Waals surface area (Å²) in [6, 6.07) is 9.24. The third-order valence-electron chi connectivity index (χ3n) is 4.67. The highest BCUT2D eigenvalue weighted by Gasteiger charge is 2.20. The van der Waals surface area contributed by atoms with Crippen LogP contribution in [0, 0.1) is 5.82 Å². The summed E-state index contributed by atoms with van der Waals surface area (Å²) in [7, 11) is 0. The van der Waals surface area contributed by atoms with Gasteiger partial charge in [0, 0.05) is 45.8 Å². The van der Waals surface area contributed by atoms with Crippen LogP contribution in [0.4, 0.5) is 10.1 Å². The molecule has 3 heterocycles. The molecule has 1 aromatic heterocycles. The molecule has 2 aromatic rings. The van der Waals surface area contributed by atoms with Gasteiger partial charge in [-0.1, -0.05) is 12.1 Å². The average Bonchev–Trinajstić information content (AvgIpc) is 2.98. The highest BCUT2D eigenvalue weighted by Crippen LogP contribution is 2.20. The van der Waals surface area contributed by atoms with Gasteiger partial charge in [0.25, 0.3) is 0 Å². The van der Waals surface area contributed by atoms with E-state index in [9.17, 15) is 4.39 Å². The number of fused-ring (bicyclic) bond motifs is 1. The molecule has 0 unspecified atom stereocenters. The fourth-order valence-corrected chi connectivity index (χ4v) is 3.41. The van der Waals surface area contributed by atoms with Crippen molar-refractivity contribution in [3.05, 3.63) is 47.5 Å². The zero-order valence-electron chi connectivity index (χ0n) is 14.0. The summed E-state index contributed by atoms with van der Waals surface area (Å²) in [6.45, 7) is 7.33. The third-order valence-corrected chi connectivity index (χ3v) is 4.67. The highest BCUT2D eigenvalue weighted by molar-refractivity contribution is 5.85. The van der Waals surface area contributed by atoms with Gasteiger partial charge in [-0.05, 0) is 18.2 Å². The van der Waals surface area contributed by atoms with Gasteiger partial charge < -0.3 is 10.2 Å². The molecule has 1 aromatic carbocycles. The molecule has 1 saturated heterocycles. The molecule has 0 amide bonds. The molecule has 2 aliphatic heterocycles. The lowest BCUT2D eigenvalue weighted by Gasteiger charge is -2.35. The van der Waals surface area contributed by atoms with Crippen LogP contribution in [0.1, 0.15) is 11.4 Å². The minimum Gasteiger partial charge on any atom is -0.367 e. The van der Waals surface area contributed by atoms with Gasteiger partial charge >= 0.3 is 0 Å². The summed E-state index contributed by atoms with van der Waals surface area (Å²) < 4.78 is 16.0. The monoisotopic (exact) mass is 387 g/mol. The number of nitrogens with one attached hydrogen (secondary N) is 1. The molecule has 1 N–H and O–H groups in total. The van der Waals surface area contributed by atoms with Crippen LogP contribution in [0.25, 0.3) is 0 Å². The van der Waals surface area contributed by atoms with Gasteiger partial charge in [0.2, 0.25) is 0 Å². The molecule has 0 bridgehead atoms. The average molecular weight is 388 g/mol. The molecule has 25 heavy (non-hydrogen) atoms. The summed E-state index contributed by atoms with van der Waals surface area (Å²) in [6.07, 6.45) is 0. The van der Waals surface area contributed by atoms with Gasteiger partial charge in [0.1, 0.15) is 5.82 Å². The number of halogens is 3. The fourth-order valence-electron chi connectivity index (χ4n) is 3.41. The van der Waals surface area contributed by atoms with E-state index in [1.54, 1.807) is 6.07 Å². The van der Waals surface area contributed by atoms with E-state index < -0.39 is 0 Å². The standard InChI is InChI=1S/C17H22FN5.2ClH/c18-16-3-1-2-4-17(16)22-9-7-21(8-10-22)13-14-11-15-12-19-5-6-23(15)20-14;;/h1-4,11,19H,5-10,12-13H2;2*1H. The molecule has 0 saturated carbocycles. The van der Waals surface area contributed by atoms with Crippen molar-refractivity contribution in [3.63, 3.8) is 0 Å². The van der Waals surface area contributed by atoms with E-state index in [4.69, 9.17) is 5.10 Å². The Hall–Kier alpha value is -1.34. The van der Waals surface area contributed by atoms with Crippen molar-refractivity contribution in [1.82, 2.24) is 20.0 Å². The van der Waals surface area contributed by atoms with E-state index in [1.807, 2.05) is 12.1 Å². The lowest BCUT2D eigenvalue weighted by atomic mass is 10.2. The third kappa shape index (κ3) is 4.44. The molecule has 0 aliphatic carbocycles. The summed E-state index contributed by atoms with van der Waals surface area (Å²) >= 11 is 0. The number of nitrogens with zero attached hydrogens (tertiary/aromatic N) is 4. The lowest BCUT2D eigenvalue weighted by molar-refractivity contribution is 0.245. The smallest absolute Gasteiger partial charge is 0.146 e. The zero-order chi connectivity index (χ0) is 15.6. The first-order chi connectivity index (χ1) is 11.3. The topological polar surface area (TPSA) is 36.3 Å². The van der Waals surface area contributed by atoms with Crippen LogP contribution in [-0.2, 0) is 19.6 Å². The van der Waals surface area contributed by atoms with E-state index in [0.717, 1.165) is 63.7 Å². The minimum absolute atomic E-state index is 0. The van der Waals surface area contributed by atoms with Crippen LogP contribution in [-0.4, -0.2) is 47.4 Å². The normalized spacial score (nSPS) is 17.4. The Kier molecular flexibility index (Phi) is 7.07. The molecule has 5 nitrogen and oxygen atoms in total. The van der Waals surface area contributed by atoms with Gasteiger partial charge in [-0.3, -0.25) is 9.58 Å². The Morgan fingerprint density at radius 2 is 1.80 bits per heavy atom. The number of anilines is 1. The number of para-hydroxylation sites is 1. The molecule has 0 radical (unpaired) electrons. The van der Waals surface area contributed by atoms with Gasteiger partial charge in [-0.2, -0.15) is 5.10 Å². The number of hydrogen-bond acceptors (Lipinski definition) is 4. The van der Waals surface area contributed by atoms with Gasteiger partial charge in [-0.25, -0.2) is 4.39 Å². The first kappa shape index (κ1) is 20.0. The Morgan fingerprint density at radius 1 is 1.04 bits per heavy atom. The molecule has 1 fully saturated rings. The van der Waals surface area contributed by atoms with Crippen LogP contribution in [0.2, 0.25) is 0 Å². The van der Waals surface area contributed by atoms with Crippen LogP contribution >= 0.6 is 24.8 Å². The largest absolute Gasteiger partial charge is 0.367 e. The highest BCUT2D eigenvalue weighted by atomic mass is 35.5. The summed E-state index contributed by atoms with van der Waals surface area (Å²) in [5.74, 6) is -0.129.